The summed E-state index contributed by atoms with van der Waals surface area (Å²) >= 11 is 0.787. The van der Waals surface area contributed by atoms with Gasteiger partial charge in [0.05, 0.1) is 0 Å². The average Bonchev–Trinajstić information content (AvgIpc) is 2.18. The Hall–Kier alpha value is -0.781. The number of aryl methyl sites for hydroxylation is 1. The van der Waals surface area contributed by atoms with Gasteiger partial charge < -0.3 is 0 Å². The van der Waals surface area contributed by atoms with Crippen molar-refractivity contribution in [2.75, 3.05) is 0 Å². The molecule has 2 aromatic carbocycles. The Morgan fingerprint density at radius 2 is 1.93 bits per heavy atom. The van der Waals surface area contributed by atoms with E-state index >= 15 is 0 Å². The minimum atomic E-state index is 0.787. The van der Waals surface area contributed by atoms with Gasteiger partial charge in [-0.1, -0.05) is 0 Å². The van der Waals surface area contributed by atoms with Crippen molar-refractivity contribution in [3.63, 3.8) is 0 Å². The molecule has 0 saturated heterocycles. The molecule has 0 saturated carbocycles. The standard InChI is InChI=1S/C13H12Se/c1-9-5-10-3-2-4-11-7-14-8-12(6-9)13(10)11/h2-6H,7-8H2,1H3. The summed E-state index contributed by atoms with van der Waals surface area (Å²) in [6, 6.07) is 11.4. The maximum atomic E-state index is 2.37. The second kappa shape index (κ2) is 3.12. The molecule has 0 bridgehead atoms. The van der Waals surface area contributed by atoms with E-state index in [1.54, 1.807) is 16.5 Å². The zero-order chi connectivity index (χ0) is 9.54. The van der Waals surface area contributed by atoms with Crippen molar-refractivity contribution in [1.29, 1.82) is 0 Å². The normalized spacial score (nSPS) is 14.6. The van der Waals surface area contributed by atoms with Gasteiger partial charge in [-0.15, -0.1) is 0 Å². The fourth-order valence-electron chi connectivity index (χ4n) is 2.27. The Morgan fingerprint density at radius 1 is 1.07 bits per heavy atom. The van der Waals surface area contributed by atoms with Crippen molar-refractivity contribution in [2.24, 2.45) is 0 Å². The fourth-order valence-corrected chi connectivity index (χ4v) is 4.39. The van der Waals surface area contributed by atoms with Gasteiger partial charge in [0, 0.05) is 0 Å². The summed E-state index contributed by atoms with van der Waals surface area (Å²) in [5.74, 6) is 0. The third-order valence-corrected chi connectivity index (χ3v) is 4.97. The molecular formula is C13H12Se. The van der Waals surface area contributed by atoms with Crippen molar-refractivity contribution in [3.8, 4) is 0 Å². The summed E-state index contributed by atoms with van der Waals surface area (Å²) in [6.07, 6.45) is 0. The summed E-state index contributed by atoms with van der Waals surface area (Å²) in [4.78, 5) is 0. The van der Waals surface area contributed by atoms with Gasteiger partial charge >= 0.3 is 90.3 Å². The third-order valence-electron chi connectivity index (χ3n) is 2.80. The topological polar surface area (TPSA) is 0 Å². The van der Waals surface area contributed by atoms with Gasteiger partial charge in [0.15, 0.2) is 0 Å². The van der Waals surface area contributed by atoms with E-state index in [1.807, 2.05) is 0 Å². The van der Waals surface area contributed by atoms with Crippen LogP contribution in [-0.4, -0.2) is 15.0 Å². The minimum absolute atomic E-state index is 0.787. The third kappa shape index (κ3) is 1.20. The van der Waals surface area contributed by atoms with E-state index < -0.39 is 0 Å². The van der Waals surface area contributed by atoms with E-state index in [9.17, 15) is 0 Å². The van der Waals surface area contributed by atoms with E-state index in [0.29, 0.717) is 0 Å². The molecule has 2 aromatic rings. The number of hydrogen-bond acceptors (Lipinski definition) is 0. The van der Waals surface area contributed by atoms with Crippen LogP contribution >= 0.6 is 0 Å². The van der Waals surface area contributed by atoms with Crippen molar-refractivity contribution < 1.29 is 0 Å². The van der Waals surface area contributed by atoms with Crippen molar-refractivity contribution >= 4 is 25.7 Å². The van der Waals surface area contributed by atoms with Crippen LogP contribution in [0.15, 0.2) is 30.3 Å². The van der Waals surface area contributed by atoms with Crippen molar-refractivity contribution in [2.45, 2.75) is 17.6 Å². The second-order valence-electron chi connectivity index (χ2n) is 3.93. The molecule has 14 heavy (non-hydrogen) atoms. The molecule has 1 aliphatic heterocycles. The van der Waals surface area contributed by atoms with E-state index in [1.165, 1.54) is 21.6 Å². The summed E-state index contributed by atoms with van der Waals surface area (Å²) in [5, 5.41) is 5.63. The Morgan fingerprint density at radius 3 is 2.86 bits per heavy atom. The zero-order valence-electron chi connectivity index (χ0n) is 8.21. The van der Waals surface area contributed by atoms with E-state index in [2.05, 4.69) is 37.3 Å². The predicted octanol–water partition coefficient (Wildman–Crippen LogP) is 2.87. The van der Waals surface area contributed by atoms with Gasteiger partial charge in [0.25, 0.3) is 0 Å². The zero-order valence-corrected chi connectivity index (χ0v) is 9.92. The molecule has 1 aliphatic rings. The molecule has 0 nitrogen and oxygen atoms in total. The van der Waals surface area contributed by atoms with Crippen LogP contribution in [0.2, 0.25) is 0 Å². The molecule has 0 amide bonds. The van der Waals surface area contributed by atoms with E-state index in [-0.39, 0.29) is 0 Å². The quantitative estimate of drug-likeness (QED) is 0.628. The van der Waals surface area contributed by atoms with Gasteiger partial charge in [-0.25, -0.2) is 0 Å². The molecule has 0 atom stereocenters. The molecule has 3 rings (SSSR count). The average molecular weight is 247 g/mol. The Kier molecular flexibility index (Phi) is 1.90. The van der Waals surface area contributed by atoms with Crippen LogP contribution in [0.1, 0.15) is 16.7 Å². The first kappa shape index (κ1) is 8.52. The van der Waals surface area contributed by atoms with Crippen LogP contribution in [0.5, 0.6) is 0 Å². The van der Waals surface area contributed by atoms with Crippen LogP contribution in [0.25, 0.3) is 10.8 Å². The summed E-state index contributed by atoms with van der Waals surface area (Å²) in [7, 11) is 0. The first-order valence-electron chi connectivity index (χ1n) is 4.93. The van der Waals surface area contributed by atoms with Crippen molar-refractivity contribution in [1.82, 2.24) is 0 Å². The molecule has 0 N–H and O–H groups in total. The summed E-state index contributed by atoms with van der Waals surface area (Å²) in [5.41, 5.74) is 4.56. The summed E-state index contributed by atoms with van der Waals surface area (Å²) < 4.78 is 0. The molecule has 0 fully saturated rings. The molecule has 70 valence electrons. The van der Waals surface area contributed by atoms with Crippen LogP contribution in [0, 0.1) is 6.92 Å². The van der Waals surface area contributed by atoms with Gasteiger partial charge in [0.1, 0.15) is 0 Å². The number of rotatable bonds is 0. The SMILES string of the molecule is Cc1cc2c3c(cccc3c1)C[Se]C2. The van der Waals surface area contributed by atoms with Crippen LogP contribution in [-0.2, 0) is 10.6 Å². The summed E-state index contributed by atoms with van der Waals surface area (Å²) in [6.45, 7) is 2.20. The molecule has 0 spiro atoms. The molecule has 0 aliphatic carbocycles. The first-order chi connectivity index (χ1) is 6.84. The maximum absolute atomic E-state index is 2.37. The van der Waals surface area contributed by atoms with Gasteiger partial charge in [-0.05, 0) is 0 Å². The second-order valence-corrected chi connectivity index (χ2v) is 6.00. The monoisotopic (exact) mass is 248 g/mol. The van der Waals surface area contributed by atoms with Gasteiger partial charge in [0.2, 0.25) is 0 Å². The fraction of sp³-hybridized carbons (Fsp3) is 0.231. The Bertz CT molecular complexity index is 500. The van der Waals surface area contributed by atoms with Crippen LogP contribution in [0.3, 0.4) is 0 Å². The van der Waals surface area contributed by atoms with Crippen LogP contribution < -0.4 is 0 Å². The number of hydrogen-bond donors (Lipinski definition) is 0. The van der Waals surface area contributed by atoms with Gasteiger partial charge in [-0.3, -0.25) is 0 Å². The Labute approximate surface area is 90.5 Å². The van der Waals surface area contributed by atoms with Gasteiger partial charge in [-0.2, -0.15) is 0 Å². The molecule has 0 radical (unpaired) electrons. The molecule has 0 aromatic heterocycles. The predicted molar refractivity (Wildman–Crippen MR) is 61.8 cm³/mol. The van der Waals surface area contributed by atoms with Crippen LogP contribution in [0.4, 0.5) is 0 Å². The van der Waals surface area contributed by atoms with Crippen molar-refractivity contribution in [3.05, 3.63) is 47.0 Å². The Balaban J connectivity index is 2.48. The number of benzene rings is 2. The molecule has 0 unspecified atom stereocenters. The molecule has 1 heterocycles. The molecule has 1 heteroatoms. The van der Waals surface area contributed by atoms with E-state index in [4.69, 9.17) is 0 Å². The first-order valence-corrected chi connectivity index (χ1v) is 7.36. The van der Waals surface area contributed by atoms with E-state index in [0.717, 1.165) is 15.0 Å². The molecular weight excluding hydrogens is 235 g/mol.